The number of thioether (sulfide) groups is 2. The van der Waals surface area contributed by atoms with E-state index < -0.39 is 29.2 Å². The largest absolute Gasteiger partial charge is 0.543 e. The number of thiazole rings is 1. The minimum Gasteiger partial charge on any atom is -0.543 e. The standard InChI is InChI=1S/C26H24N6O5S3/c1-37-30-19(18-14-40-26(27)28-18)22(33)29-20-23(34)32-21(25(35)36)16(13-39-24(20)32)12-38-17-7-9-31(10-8-17)11-15-5-3-2-4-6-15/h2-10,14,20,24H,11-13H2,1H3,(H3-,27,28,29,33,35,36)/b30-19-/t20-,24+/m1/s1. The molecule has 0 unspecified atom stereocenters. The Morgan fingerprint density at radius 2 is 2.02 bits per heavy atom. The van der Waals surface area contributed by atoms with Gasteiger partial charge in [0.15, 0.2) is 29.8 Å². The van der Waals surface area contributed by atoms with Crippen molar-refractivity contribution in [1.82, 2.24) is 15.2 Å². The van der Waals surface area contributed by atoms with Crippen LogP contribution in [0.5, 0.6) is 0 Å². The van der Waals surface area contributed by atoms with Crippen molar-refractivity contribution in [2.45, 2.75) is 22.9 Å². The number of aliphatic carboxylic acids is 1. The van der Waals surface area contributed by atoms with Crippen LogP contribution in [0.1, 0.15) is 11.3 Å². The van der Waals surface area contributed by atoms with Crippen molar-refractivity contribution in [3.8, 4) is 0 Å². The molecule has 14 heteroatoms. The van der Waals surface area contributed by atoms with Crippen molar-refractivity contribution >= 4 is 63.5 Å². The Kier molecular flexibility index (Phi) is 8.38. The molecule has 1 saturated heterocycles. The third-order valence-electron chi connectivity index (χ3n) is 6.17. The normalized spacial score (nSPS) is 18.7. The van der Waals surface area contributed by atoms with E-state index in [0.29, 0.717) is 17.1 Å². The summed E-state index contributed by atoms with van der Waals surface area (Å²) in [7, 11) is 1.28. The number of β-lactam (4-membered cyclic amide) rings is 1. The van der Waals surface area contributed by atoms with Crippen LogP contribution in [-0.2, 0) is 25.8 Å². The van der Waals surface area contributed by atoms with Gasteiger partial charge in [0.25, 0.3) is 11.8 Å². The summed E-state index contributed by atoms with van der Waals surface area (Å²) in [6, 6.07) is 13.1. The number of carboxylic acid groups (broad SMARTS) is 1. The highest BCUT2D eigenvalue weighted by atomic mass is 32.2. The van der Waals surface area contributed by atoms with Gasteiger partial charge in [0.2, 0.25) is 0 Å². The maximum atomic E-state index is 13.0. The number of hydrogen-bond acceptors (Lipinski definition) is 11. The Morgan fingerprint density at radius 3 is 2.67 bits per heavy atom. The molecule has 2 aliphatic heterocycles. The molecular formula is C26H24N6O5S3. The third kappa shape index (κ3) is 5.83. The van der Waals surface area contributed by atoms with Crippen LogP contribution >= 0.6 is 34.9 Å². The van der Waals surface area contributed by atoms with E-state index in [-0.39, 0.29) is 22.2 Å². The van der Waals surface area contributed by atoms with Crippen LogP contribution in [0.25, 0.3) is 0 Å². The predicted molar refractivity (Wildman–Crippen MR) is 150 cm³/mol. The molecule has 1 fully saturated rings. The van der Waals surface area contributed by atoms with Gasteiger partial charge >= 0.3 is 0 Å². The molecule has 5 rings (SSSR count). The molecule has 0 bridgehead atoms. The van der Waals surface area contributed by atoms with Crippen molar-refractivity contribution in [2.75, 3.05) is 24.3 Å². The third-order valence-corrected chi connectivity index (χ3v) is 9.28. The molecular weight excluding hydrogens is 573 g/mol. The summed E-state index contributed by atoms with van der Waals surface area (Å²) < 4.78 is 2.06. The average molecular weight is 597 g/mol. The van der Waals surface area contributed by atoms with E-state index in [1.54, 1.807) is 5.38 Å². The number of carbonyl (C=O) groups is 3. The number of nitrogens with two attached hydrogens (primary N) is 1. The fraction of sp³-hybridized carbons (Fsp3) is 0.231. The van der Waals surface area contributed by atoms with Gasteiger partial charge in [-0.1, -0.05) is 35.5 Å². The molecule has 0 radical (unpaired) electrons. The van der Waals surface area contributed by atoms with Gasteiger partial charge in [-0.15, -0.1) is 34.9 Å². The molecule has 40 heavy (non-hydrogen) atoms. The number of nitrogen functional groups attached to an aromatic ring is 1. The Bertz CT molecular complexity index is 1490. The van der Waals surface area contributed by atoms with Gasteiger partial charge in [0.1, 0.15) is 24.2 Å². The number of pyridine rings is 1. The molecule has 11 nitrogen and oxygen atoms in total. The van der Waals surface area contributed by atoms with Crippen molar-refractivity contribution in [3.05, 3.63) is 82.8 Å². The molecule has 4 heterocycles. The van der Waals surface area contributed by atoms with Gasteiger partial charge in [-0.3, -0.25) is 14.5 Å². The number of aromatic nitrogens is 2. The lowest BCUT2D eigenvalue weighted by atomic mass is 10.0. The number of oxime groups is 1. The predicted octanol–water partition coefficient (Wildman–Crippen LogP) is 0.608. The van der Waals surface area contributed by atoms with Crippen LogP contribution in [0.15, 0.2) is 81.6 Å². The molecule has 2 aromatic heterocycles. The first kappa shape index (κ1) is 27.7. The van der Waals surface area contributed by atoms with Crippen molar-refractivity contribution < 1.29 is 28.9 Å². The summed E-state index contributed by atoms with van der Waals surface area (Å²) >= 11 is 3.99. The monoisotopic (exact) mass is 596 g/mol. The second kappa shape index (κ2) is 12.1. The van der Waals surface area contributed by atoms with Crippen LogP contribution in [0.3, 0.4) is 0 Å². The van der Waals surface area contributed by atoms with Gasteiger partial charge < -0.3 is 25.8 Å². The molecule has 2 atom stereocenters. The van der Waals surface area contributed by atoms with Crippen molar-refractivity contribution in [3.63, 3.8) is 0 Å². The lowest BCUT2D eigenvalue weighted by Gasteiger charge is -2.50. The lowest BCUT2D eigenvalue weighted by molar-refractivity contribution is -0.688. The molecule has 3 aromatic rings. The fourth-order valence-electron chi connectivity index (χ4n) is 4.29. The number of hydrogen-bond donors (Lipinski definition) is 2. The summed E-state index contributed by atoms with van der Waals surface area (Å²) in [6.07, 6.45) is 3.95. The summed E-state index contributed by atoms with van der Waals surface area (Å²) in [6.45, 7) is 0.745. The Balaban J connectivity index is 1.24. The zero-order valence-electron chi connectivity index (χ0n) is 21.2. The first-order valence-corrected chi connectivity index (χ1v) is 14.9. The fourth-order valence-corrected chi connectivity index (χ4v) is 7.21. The minimum absolute atomic E-state index is 0.136. The van der Waals surface area contributed by atoms with Crippen LogP contribution in [-0.4, -0.2) is 63.4 Å². The number of rotatable bonds is 10. The van der Waals surface area contributed by atoms with Crippen LogP contribution in [0, 0.1) is 0 Å². The van der Waals surface area contributed by atoms with Crippen LogP contribution in [0.2, 0.25) is 0 Å². The number of anilines is 1. The van der Waals surface area contributed by atoms with E-state index in [1.165, 1.54) is 41.1 Å². The van der Waals surface area contributed by atoms with Crippen molar-refractivity contribution in [1.29, 1.82) is 0 Å². The van der Waals surface area contributed by atoms with Crippen molar-refractivity contribution in [2.24, 2.45) is 5.16 Å². The maximum Gasteiger partial charge on any atom is 0.276 e. The topological polar surface area (TPSA) is 154 Å². The first-order valence-electron chi connectivity index (χ1n) is 12.0. The summed E-state index contributed by atoms with van der Waals surface area (Å²) in [5.74, 6) is -1.89. The maximum absolute atomic E-state index is 13.0. The highest BCUT2D eigenvalue weighted by Gasteiger charge is 2.53. The zero-order chi connectivity index (χ0) is 28.2. The first-order chi connectivity index (χ1) is 19.4. The highest BCUT2D eigenvalue weighted by molar-refractivity contribution is 8.01. The Labute approximate surface area is 242 Å². The molecule has 0 spiro atoms. The van der Waals surface area contributed by atoms with Gasteiger partial charge in [0, 0.05) is 39.5 Å². The van der Waals surface area contributed by atoms with Crippen LogP contribution < -0.4 is 20.7 Å². The van der Waals surface area contributed by atoms with E-state index in [9.17, 15) is 19.5 Å². The van der Waals surface area contributed by atoms with Gasteiger partial charge in [-0.2, -0.15) is 0 Å². The quantitative estimate of drug-likeness (QED) is 0.113. The molecule has 206 valence electrons. The van der Waals surface area contributed by atoms with Gasteiger partial charge in [-0.25, -0.2) is 9.55 Å². The molecule has 1 aromatic carbocycles. The number of carboxylic acids is 1. The SMILES string of the molecule is CO/N=C(\C(=O)N[C@@H]1C(=O)N2C(C(=O)[O-])=C(CSc3cc[n+](Cc4ccccc4)cc3)CS[C@@H]12)c1csc(N)n1. The molecule has 2 amide bonds. The number of amides is 2. The molecule has 0 saturated carbocycles. The summed E-state index contributed by atoms with van der Waals surface area (Å²) in [4.78, 5) is 49.0. The summed E-state index contributed by atoms with van der Waals surface area (Å²) in [5.41, 5.74) is 7.37. The molecule has 0 aliphatic carbocycles. The van der Waals surface area contributed by atoms with Gasteiger partial charge in [-0.05, 0) is 5.57 Å². The minimum atomic E-state index is -1.42. The average Bonchev–Trinajstić information content (AvgIpc) is 3.39. The number of carbonyl (C=O) groups excluding carboxylic acids is 3. The lowest BCUT2D eigenvalue weighted by Crippen LogP contribution is -2.71. The van der Waals surface area contributed by atoms with E-state index in [4.69, 9.17) is 10.6 Å². The summed E-state index contributed by atoms with van der Waals surface area (Å²) in [5, 5.41) is 19.7. The number of nitrogens with zero attached hydrogens (tertiary/aromatic N) is 4. The zero-order valence-corrected chi connectivity index (χ0v) is 23.6. The van der Waals surface area contributed by atoms with E-state index in [0.717, 1.165) is 22.8 Å². The Morgan fingerprint density at radius 1 is 1.27 bits per heavy atom. The van der Waals surface area contributed by atoms with Gasteiger partial charge in [0.05, 0.1) is 11.7 Å². The highest BCUT2D eigenvalue weighted by Crippen LogP contribution is 2.41. The smallest absolute Gasteiger partial charge is 0.276 e. The second-order valence-electron chi connectivity index (χ2n) is 8.77. The second-order valence-corrected chi connectivity index (χ2v) is 11.8. The van der Waals surface area contributed by atoms with E-state index in [2.05, 4.69) is 32.2 Å². The molecule has 2 aliphatic rings. The van der Waals surface area contributed by atoms with E-state index >= 15 is 0 Å². The Hall–Kier alpha value is -3.88. The van der Waals surface area contributed by atoms with Crippen LogP contribution in [0.4, 0.5) is 5.13 Å². The number of nitrogens with one attached hydrogen (secondary N) is 1. The number of benzene rings is 1. The number of fused-ring (bicyclic) bond motifs is 1. The van der Waals surface area contributed by atoms with E-state index in [1.807, 2.05) is 42.7 Å². The molecule has 3 N–H and O–H groups in total.